The summed E-state index contributed by atoms with van der Waals surface area (Å²) in [7, 11) is 0. The molecule has 0 unspecified atom stereocenters. The summed E-state index contributed by atoms with van der Waals surface area (Å²) in [5.41, 5.74) is 6.80. The van der Waals surface area contributed by atoms with Crippen molar-refractivity contribution in [1.29, 1.82) is 0 Å². The van der Waals surface area contributed by atoms with Gasteiger partial charge in [0.25, 0.3) is 0 Å². The van der Waals surface area contributed by atoms with E-state index in [0.29, 0.717) is 6.54 Å². The second-order valence-electron chi connectivity index (χ2n) is 2.29. The predicted molar refractivity (Wildman–Crippen MR) is 44.6 cm³/mol. The molecule has 1 N–H and O–H groups in total. The van der Waals surface area contributed by atoms with E-state index in [9.17, 15) is 0 Å². The first-order valence-corrected chi connectivity index (χ1v) is 3.92. The van der Waals surface area contributed by atoms with Crippen molar-refractivity contribution in [1.82, 2.24) is 0 Å². The molecular weight excluding hydrogens is 196 g/mol. The van der Waals surface area contributed by atoms with E-state index in [1.807, 2.05) is 13.8 Å². The van der Waals surface area contributed by atoms with Gasteiger partial charge >= 0.3 is 58.2 Å². The fraction of sp³-hybridized carbons (Fsp3) is 1.00. The summed E-state index contributed by atoms with van der Waals surface area (Å²) in [5.74, 6) is 0.783. The van der Waals surface area contributed by atoms with Crippen molar-refractivity contribution in [2.45, 2.75) is 40.5 Å². The van der Waals surface area contributed by atoms with Crippen molar-refractivity contribution in [3.05, 3.63) is 5.73 Å². The van der Waals surface area contributed by atoms with E-state index in [1.54, 1.807) is 0 Å². The molecule has 0 aromatic heterocycles. The zero-order chi connectivity index (χ0) is 7.70. The minimum Gasteiger partial charge on any atom is -0.677 e. The van der Waals surface area contributed by atoms with Gasteiger partial charge in [-0.25, -0.2) is 0 Å². The zero-order valence-electron chi connectivity index (χ0n) is 8.20. The molecule has 0 aliphatic rings. The first-order valence-electron chi connectivity index (χ1n) is 3.92. The number of rotatable bonds is 3. The van der Waals surface area contributed by atoms with Crippen LogP contribution in [0.2, 0.25) is 0 Å². The zero-order valence-corrected chi connectivity index (χ0v) is 13.1. The Balaban J connectivity index is -0.000000149. The van der Waals surface area contributed by atoms with Gasteiger partial charge < -0.3 is 5.73 Å². The smallest absolute Gasteiger partial charge is 0.677 e. The standard InChI is InChI=1S/C6H14N.C2H6.Rb/c1-6(2)4-3-5-7;1-2;/h6-7H,3-5H2,1-2H3;1-2H3;/q-1;;+1. The van der Waals surface area contributed by atoms with Gasteiger partial charge in [-0.05, 0) is 5.92 Å². The molecule has 0 radical (unpaired) electrons. The van der Waals surface area contributed by atoms with E-state index in [1.165, 1.54) is 6.42 Å². The van der Waals surface area contributed by atoms with Crippen LogP contribution in [0, 0.1) is 5.92 Å². The van der Waals surface area contributed by atoms with E-state index in [0.717, 1.165) is 12.3 Å². The molecule has 10 heavy (non-hydrogen) atoms. The fourth-order valence-electron chi connectivity index (χ4n) is 0.510. The van der Waals surface area contributed by atoms with Crippen molar-refractivity contribution in [3.8, 4) is 0 Å². The van der Waals surface area contributed by atoms with Crippen molar-refractivity contribution in [2.24, 2.45) is 5.92 Å². The molecule has 0 amide bonds. The van der Waals surface area contributed by atoms with Crippen LogP contribution in [0.3, 0.4) is 0 Å². The Morgan fingerprint density at radius 1 is 1.20 bits per heavy atom. The van der Waals surface area contributed by atoms with E-state index >= 15 is 0 Å². The van der Waals surface area contributed by atoms with Gasteiger partial charge in [-0.15, -0.1) is 0 Å². The molecule has 0 spiro atoms. The van der Waals surface area contributed by atoms with Crippen LogP contribution < -0.4 is 58.2 Å². The van der Waals surface area contributed by atoms with Gasteiger partial charge in [-0.3, -0.25) is 0 Å². The Kier molecular flexibility index (Phi) is 30.2. The second-order valence-corrected chi connectivity index (χ2v) is 2.29. The maximum Gasteiger partial charge on any atom is 1.00 e. The Hall–Kier alpha value is 1.77. The molecule has 58 valence electrons. The van der Waals surface area contributed by atoms with Crippen LogP contribution in [-0.4, -0.2) is 6.54 Å². The summed E-state index contributed by atoms with van der Waals surface area (Å²) in [4.78, 5) is 0. The average molecular weight is 216 g/mol. The molecule has 0 aromatic carbocycles. The molecule has 0 aromatic rings. The van der Waals surface area contributed by atoms with Crippen LogP contribution in [0.15, 0.2) is 0 Å². The van der Waals surface area contributed by atoms with Crippen molar-refractivity contribution >= 4 is 0 Å². The quantitative estimate of drug-likeness (QED) is 0.655. The molecular formula is C8H20NRb. The van der Waals surface area contributed by atoms with Gasteiger partial charge in [-0.1, -0.05) is 40.5 Å². The summed E-state index contributed by atoms with van der Waals surface area (Å²) >= 11 is 0. The molecule has 0 fully saturated rings. The Morgan fingerprint density at radius 2 is 1.60 bits per heavy atom. The molecule has 0 bridgehead atoms. The normalized spacial score (nSPS) is 7.80. The Bertz CT molecular complexity index is 38.2. The van der Waals surface area contributed by atoms with Crippen molar-refractivity contribution < 1.29 is 58.2 Å². The average Bonchev–Trinajstić information content (AvgIpc) is 1.88. The van der Waals surface area contributed by atoms with Crippen LogP contribution in [0.5, 0.6) is 0 Å². The van der Waals surface area contributed by atoms with E-state index in [4.69, 9.17) is 5.73 Å². The van der Waals surface area contributed by atoms with Crippen LogP contribution >= 0.6 is 0 Å². The maximum atomic E-state index is 6.80. The molecule has 0 aliphatic heterocycles. The summed E-state index contributed by atoms with van der Waals surface area (Å²) in [6.45, 7) is 8.98. The number of hydrogen-bond donors (Lipinski definition) is 0. The van der Waals surface area contributed by atoms with Crippen molar-refractivity contribution in [2.75, 3.05) is 6.54 Å². The molecule has 2 heteroatoms. The SMILES string of the molecule is CC.CC(C)CCC[NH-].[Rb+]. The van der Waals surface area contributed by atoms with Crippen molar-refractivity contribution in [3.63, 3.8) is 0 Å². The minimum atomic E-state index is 0. The third-order valence-corrected chi connectivity index (χ3v) is 0.958. The minimum absolute atomic E-state index is 0. The summed E-state index contributed by atoms with van der Waals surface area (Å²) in [5, 5.41) is 0. The van der Waals surface area contributed by atoms with Crippen LogP contribution in [0.1, 0.15) is 40.5 Å². The molecule has 0 aliphatic carbocycles. The fourth-order valence-corrected chi connectivity index (χ4v) is 0.510. The topological polar surface area (TPSA) is 23.8 Å². The predicted octanol–water partition coefficient (Wildman–Crippen LogP) is 0.505. The summed E-state index contributed by atoms with van der Waals surface area (Å²) in [6.07, 6.45) is 2.28. The third kappa shape index (κ3) is 22.6. The molecule has 0 atom stereocenters. The molecule has 0 rings (SSSR count). The molecule has 0 heterocycles. The number of nitrogens with one attached hydrogen (secondary N) is 1. The summed E-state index contributed by atoms with van der Waals surface area (Å²) in [6, 6.07) is 0. The van der Waals surface area contributed by atoms with E-state index in [2.05, 4.69) is 13.8 Å². The third-order valence-electron chi connectivity index (χ3n) is 0.958. The van der Waals surface area contributed by atoms with Gasteiger partial charge in [0.2, 0.25) is 0 Å². The monoisotopic (exact) mass is 215 g/mol. The first kappa shape index (κ1) is 17.7. The Labute approximate surface area is 115 Å². The van der Waals surface area contributed by atoms with Crippen LogP contribution in [-0.2, 0) is 0 Å². The van der Waals surface area contributed by atoms with Crippen LogP contribution in [0.25, 0.3) is 5.73 Å². The van der Waals surface area contributed by atoms with Gasteiger partial charge in [0.1, 0.15) is 0 Å². The van der Waals surface area contributed by atoms with Crippen LogP contribution in [0.4, 0.5) is 0 Å². The van der Waals surface area contributed by atoms with Gasteiger partial charge in [0, 0.05) is 0 Å². The molecule has 0 saturated heterocycles. The first-order chi connectivity index (χ1) is 4.27. The largest absolute Gasteiger partial charge is 1.00 e. The molecule has 1 nitrogen and oxygen atoms in total. The van der Waals surface area contributed by atoms with Gasteiger partial charge in [-0.2, -0.15) is 6.54 Å². The van der Waals surface area contributed by atoms with E-state index < -0.39 is 0 Å². The molecule has 0 saturated carbocycles. The maximum absolute atomic E-state index is 6.80. The summed E-state index contributed by atoms with van der Waals surface area (Å²) < 4.78 is 0. The number of hydrogen-bond acceptors (Lipinski definition) is 0. The van der Waals surface area contributed by atoms with Gasteiger partial charge in [0.15, 0.2) is 0 Å². The Morgan fingerprint density at radius 3 is 1.70 bits per heavy atom. The van der Waals surface area contributed by atoms with Gasteiger partial charge in [0.05, 0.1) is 0 Å². The second kappa shape index (κ2) is 17.0. The van der Waals surface area contributed by atoms with E-state index in [-0.39, 0.29) is 58.2 Å².